The standard InChI is InChI=1S/Al.Ce.H2O.O/h;;1H2;/q2*+3;;-2/p-1. The largest absolute Gasteiger partial charge is 3.00 e. The maximum atomic E-state index is 0. The van der Waals surface area contributed by atoms with Crippen molar-refractivity contribution in [1.29, 1.82) is 0 Å². The zero-order chi connectivity index (χ0) is 0. The van der Waals surface area contributed by atoms with Crippen LogP contribution in [0.2, 0.25) is 0 Å². The summed E-state index contributed by atoms with van der Waals surface area (Å²) in [5, 5.41) is 0. The van der Waals surface area contributed by atoms with Crippen LogP contribution in [0.1, 0.15) is 0 Å². The van der Waals surface area contributed by atoms with E-state index in [-0.39, 0.29) is 70.1 Å². The van der Waals surface area contributed by atoms with Crippen molar-refractivity contribution in [1.82, 2.24) is 0 Å². The summed E-state index contributed by atoms with van der Waals surface area (Å²) in [4.78, 5) is 0. The fourth-order valence-electron chi connectivity index (χ4n) is 0. The van der Waals surface area contributed by atoms with Crippen LogP contribution in [-0.2, 0) is 5.48 Å². The Hall–Kier alpha value is 1.83. The van der Waals surface area contributed by atoms with E-state index in [0.29, 0.717) is 0 Å². The monoisotopic (exact) mass is 200 g/mol. The summed E-state index contributed by atoms with van der Waals surface area (Å²) in [5.41, 5.74) is 0. The molecular formula is HAlCeO2+3. The van der Waals surface area contributed by atoms with Crippen LogP contribution in [0.3, 0.4) is 0 Å². The van der Waals surface area contributed by atoms with Gasteiger partial charge in [0.2, 0.25) is 0 Å². The van der Waals surface area contributed by atoms with Crippen LogP contribution in [0.15, 0.2) is 0 Å². The molecule has 0 aromatic heterocycles. The molecule has 0 aromatic carbocycles. The zero-order valence-corrected chi connectivity index (χ0v) is 6.23. The van der Waals surface area contributed by atoms with Gasteiger partial charge in [-0.1, -0.05) is 0 Å². The number of rotatable bonds is 0. The van der Waals surface area contributed by atoms with Crippen molar-refractivity contribution in [2.45, 2.75) is 0 Å². The molecule has 0 aliphatic carbocycles. The van der Waals surface area contributed by atoms with Crippen molar-refractivity contribution in [2.75, 3.05) is 0 Å². The first-order valence-electron chi connectivity index (χ1n) is 0. The second-order valence-electron chi connectivity index (χ2n) is 0. The van der Waals surface area contributed by atoms with E-state index in [2.05, 4.69) is 0 Å². The van der Waals surface area contributed by atoms with Crippen LogP contribution in [0.5, 0.6) is 0 Å². The quantitative estimate of drug-likeness (QED) is 0.478. The Morgan fingerprint density at radius 1 is 1.00 bits per heavy atom. The molecule has 0 rings (SSSR count). The van der Waals surface area contributed by atoms with Gasteiger partial charge >= 0.3 is 59.1 Å². The van der Waals surface area contributed by atoms with Crippen molar-refractivity contribution in [3.63, 3.8) is 0 Å². The predicted octanol–water partition coefficient (Wildman–Crippen LogP) is -0.676. The molecule has 1 N–H and O–H groups in total. The van der Waals surface area contributed by atoms with Crippen LogP contribution in [0.25, 0.3) is 0 Å². The number of hydrogen-bond acceptors (Lipinski definition) is 1. The molecule has 0 aliphatic rings. The topological polar surface area (TPSA) is 58.5 Å². The van der Waals surface area contributed by atoms with E-state index in [4.69, 9.17) is 0 Å². The molecule has 0 spiro atoms. The van der Waals surface area contributed by atoms with Gasteiger partial charge in [0.1, 0.15) is 0 Å². The smallest absolute Gasteiger partial charge is 2.00 e. The molecular weight excluding hydrogens is 199 g/mol. The first kappa shape index (κ1) is 40.6. The minimum absolute atomic E-state index is 0. The van der Waals surface area contributed by atoms with Gasteiger partial charge in [-0.05, 0) is 0 Å². The maximum Gasteiger partial charge on any atom is 3.00 e. The first-order valence-corrected chi connectivity index (χ1v) is 0. The van der Waals surface area contributed by atoms with Crippen molar-refractivity contribution in [2.24, 2.45) is 0 Å². The van der Waals surface area contributed by atoms with Crippen LogP contribution >= 0.6 is 0 Å². The summed E-state index contributed by atoms with van der Waals surface area (Å²) in [5.74, 6) is 0. The third-order valence-corrected chi connectivity index (χ3v) is 0. The summed E-state index contributed by atoms with van der Waals surface area (Å²) in [6, 6.07) is 0. The van der Waals surface area contributed by atoms with E-state index >= 15 is 0 Å². The van der Waals surface area contributed by atoms with Crippen molar-refractivity contribution in [3.05, 3.63) is 0 Å². The second kappa shape index (κ2) is 21.2. The van der Waals surface area contributed by atoms with Gasteiger partial charge in [-0.2, -0.15) is 0 Å². The minimum Gasteiger partial charge on any atom is -2.00 e. The zero-order valence-electron chi connectivity index (χ0n) is 1.93. The van der Waals surface area contributed by atoms with E-state index in [9.17, 15) is 0 Å². The molecule has 17 valence electrons. The van der Waals surface area contributed by atoms with E-state index in [1.165, 1.54) is 0 Å². The van der Waals surface area contributed by atoms with Crippen LogP contribution in [0, 0.1) is 41.7 Å². The van der Waals surface area contributed by atoms with Gasteiger partial charge in [0, 0.05) is 0 Å². The molecule has 0 aromatic rings. The van der Waals surface area contributed by atoms with E-state index < -0.39 is 0 Å². The second-order valence-corrected chi connectivity index (χ2v) is 0. The summed E-state index contributed by atoms with van der Waals surface area (Å²) in [6.45, 7) is 0. The maximum absolute atomic E-state index is 0. The Morgan fingerprint density at radius 3 is 1.00 bits per heavy atom. The minimum atomic E-state index is 0. The fourth-order valence-corrected chi connectivity index (χ4v) is 0. The van der Waals surface area contributed by atoms with Gasteiger partial charge in [0.15, 0.2) is 0 Å². The Labute approximate surface area is 69.1 Å². The molecule has 0 aliphatic heterocycles. The van der Waals surface area contributed by atoms with Gasteiger partial charge in [0.25, 0.3) is 0 Å². The van der Waals surface area contributed by atoms with Gasteiger partial charge in [-0.3, -0.25) is 0 Å². The first-order chi connectivity index (χ1) is 0. The molecule has 0 amide bonds. The van der Waals surface area contributed by atoms with Gasteiger partial charge < -0.3 is 11.0 Å². The third-order valence-electron chi connectivity index (χ3n) is 0. The van der Waals surface area contributed by atoms with Gasteiger partial charge in [0.05, 0.1) is 0 Å². The molecule has 0 saturated carbocycles. The Morgan fingerprint density at radius 2 is 1.00 bits per heavy atom. The molecule has 1 radical (unpaired) electrons. The van der Waals surface area contributed by atoms with Crippen LogP contribution in [0.4, 0.5) is 0 Å². The van der Waals surface area contributed by atoms with Gasteiger partial charge in [-0.15, -0.1) is 0 Å². The third kappa shape index (κ3) is 9.16. The average molecular weight is 200 g/mol. The molecule has 0 saturated heterocycles. The molecule has 0 atom stereocenters. The van der Waals surface area contributed by atoms with Crippen LogP contribution in [-0.4, -0.2) is 22.8 Å². The normalized spacial score (nSPS) is 0. The van der Waals surface area contributed by atoms with E-state index in [1.807, 2.05) is 0 Å². The van der Waals surface area contributed by atoms with E-state index in [1.54, 1.807) is 0 Å². The Bertz CT molecular complexity index is 6.00. The molecule has 2 nitrogen and oxygen atoms in total. The SMILES string of the molecule is [Al+3].[Ce+3].[O-2].[OH-]. The average Bonchev–Trinajstić information content (AvgIpc) is 0. The van der Waals surface area contributed by atoms with Crippen LogP contribution < -0.4 is 0 Å². The summed E-state index contributed by atoms with van der Waals surface area (Å²) in [7, 11) is 0. The van der Waals surface area contributed by atoms with Crippen molar-refractivity contribution >= 4 is 17.4 Å². The number of hydrogen-bond donors (Lipinski definition) is 0. The predicted molar refractivity (Wildman–Crippen MR) is 8.38 cm³/mol. The summed E-state index contributed by atoms with van der Waals surface area (Å²) < 4.78 is 0. The van der Waals surface area contributed by atoms with E-state index in [0.717, 1.165) is 0 Å². The molecule has 0 bridgehead atoms. The molecule has 0 unspecified atom stereocenters. The van der Waals surface area contributed by atoms with Gasteiger partial charge in [-0.25, -0.2) is 0 Å². The summed E-state index contributed by atoms with van der Waals surface area (Å²) >= 11 is 0. The molecule has 4 heavy (non-hydrogen) atoms. The van der Waals surface area contributed by atoms with Crippen molar-refractivity contribution in [3.8, 4) is 0 Å². The fraction of sp³-hybridized carbons (Fsp3) is 0. The Kier molecular flexibility index (Phi) is 215. The molecule has 4 heteroatoms. The Balaban J connectivity index is 0. The summed E-state index contributed by atoms with van der Waals surface area (Å²) in [6.07, 6.45) is 0. The molecule has 0 fully saturated rings. The molecule has 0 heterocycles. The van der Waals surface area contributed by atoms with Crippen molar-refractivity contribution < 1.29 is 52.7 Å².